The van der Waals surface area contributed by atoms with E-state index in [0.717, 1.165) is 78.1 Å². The van der Waals surface area contributed by atoms with E-state index >= 15 is 0 Å². The van der Waals surface area contributed by atoms with Gasteiger partial charge in [0.1, 0.15) is 12.0 Å². The Bertz CT molecular complexity index is 1170. The number of rotatable bonds is 6. The van der Waals surface area contributed by atoms with E-state index in [1.807, 2.05) is 30.5 Å². The van der Waals surface area contributed by atoms with Gasteiger partial charge in [-0.3, -0.25) is 4.98 Å². The van der Waals surface area contributed by atoms with Gasteiger partial charge in [0.15, 0.2) is 0 Å². The number of halogens is 1. The highest BCUT2D eigenvalue weighted by Crippen LogP contribution is 2.50. The van der Waals surface area contributed by atoms with Crippen LogP contribution in [0.25, 0.3) is 22.0 Å². The molecule has 32 heavy (non-hydrogen) atoms. The molecule has 2 aliphatic rings. The summed E-state index contributed by atoms with van der Waals surface area (Å²) in [6, 6.07) is 12.7. The van der Waals surface area contributed by atoms with Gasteiger partial charge in [-0.1, -0.05) is 23.7 Å². The number of anilines is 1. The monoisotopic (exact) mass is 449 g/mol. The Labute approximate surface area is 193 Å². The zero-order valence-electron chi connectivity index (χ0n) is 18.2. The summed E-state index contributed by atoms with van der Waals surface area (Å²) in [5.74, 6) is 0.652. The van der Waals surface area contributed by atoms with Crippen molar-refractivity contribution in [3.8, 4) is 16.9 Å². The fourth-order valence-electron chi connectivity index (χ4n) is 4.80. The van der Waals surface area contributed by atoms with Gasteiger partial charge >= 0.3 is 0 Å². The van der Waals surface area contributed by atoms with Crippen LogP contribution in [0, 0.1) is 0 Å². The predicted molar refractivity (Wildman–Crippen MR) is 130 cm³/mol. The van der Waals surface area contributed by atoms with E-state index in [4.69, 9.17) is 27.1 Å². The van der Waals surface area contributed by atoms with Gasteiger partial charge in [-0.2, -0.15) is 0 Å². The number of fused-ring (bicyclic) bond motifs is 1. The second-order valence-corrected chi connectivity index (χ2v) is 9.57. The maximum Gasteiger partial charge on any atom is 0.137 e. The minimum Gasteiger partial charge on any atom is -0.495 e. The summed E-state index contributed by atoms with van der Waals surface area (Å²) < 4.78 is 5.30. The first-order valence-electron chi connectivity index (χ1n) is 11.3. The van der Waals surface area contributed by atoms with Gasteiger partial charge in [-0.15, -0.1) is 0 Å². The second-order valence-electron chi connectivity index (χ2n) is 9.16. The number of methoxy groups -OCH3 is 1. The number of carbonyl (C=O) groups is 1. The minimum absolute atomic E-state index is 0.290. The quantitative estimate of drug-likeness (QED) is 0.487. The van der Waals surface area contributed by atoms with E-state index in [1.54, 1.807) is 7.11 Å². The number of aldehydes is 1. The van der Waals surface area contributed by atoms with Crippen LogP contribution in [0.3, 0.4) is 0 Å². The Morgan fingerprint density at radius 2 is 1.84 bits per heavy atom. The highest BCUT2D eigenvalue weighted by molar-refractivity contribution is 6.32. The van der Waals surface area contributed by atoms with Crippen LogP contribution in [0.4, 0.5) is 5.69 Å². The number of nitrogens with two attached hydrogens (primary N) is 1. The van der Waals surface area contributed by atoms with Gasteiger partial charge < -0.3 is 20.6 Å². The van der Waals surface area contributed by atoms with E-state index in [1.165, 1.54) is 0 Å². The Hall–Kier alpha value is -2.63. The molecular formula is C26H28ClN3O2. The highest BCUT2D eigenvalue weighted by atomic mass is 35.5. The van der Waals surface area contributed by atoms with Crippen LogP contribution in [-0.2, 0) is 10.2 Å². The number of nitrogens with zero attached hydrogens (tertiary/aromatic N) is 1. The predicted octanol–water partition coefficient (Wildman–Crippen LogP) is 5.48. The normalized spacial score (nSPS) is 21.8. The third-order valence-corrected chi connectivity index (χ3v) is 7.32. The lowest BCUT2D eigenvalue weighted by Gasteiger charge is -2.29. The number of nitrogens with one attached hydrogen (secondary N) is 1. The molecule has 2 aliphatic carbocycles. The molecule has 5 rings (SSSR count). The van der Waals surface area contributed by atoms with Crippen LogP contribution < -0.4 is 15.8 Å². The second kappa shape index (κ2) is 8.38. The van der Waals surface area contributed by atoms with Crippen molar-refractivity contribution in [2.75, 3.05) is 12.4 Å². The lowest BCUT2D eigenvalue weighted by atomic mass is 9.89. The summed E-state index contributed by atoms with van der Waals surface area (Å²) in [6.07, 6.45) is 8.85. The maximum atomic E-state index is 12.0. The van der Waals surface area contributed by atoms with E-state index in [-0.39, 0.29) is 6.04 Å². The molecule has 1 aromatic heterocycles. The molecule has 0 radical (unpaired) electrons. The minimum atomic E-state index is -0.409. The van der Waals surface area contributed by atoms with Gasteiger partial charge in [0.05, 0.1) is 23.1 Å². The molecule has 0 atom stereocenters. The molecular weight excluding hydrogens is 422 g/mol. The Balaban J connectivity index is 1.61. The Morgan fingerprint density at radius 1 is 1.12 bits per heavy atom. The average molecular weight is 450 g/mol. The Kier molecular flexibility index (Phi) is 5.56. The molecule has 0 bridgehead atoms. The molecule has 2 saturated carbocycles. The van der Waals surface area contributed by atoms with Crippen molar-refractivity contribution in [2.24, 2.45) is 5.73 Å². The molecule has 0 spiro atoms. The molecule has 5 nitrogen and oxygen atoms in total. The lowest BCUT2D eigenvalue weighted by Crippen LogP contribution is -2.33. The summed E-state index contributed by atoms with van der Waals surface area (Å²) in [4.78, 5) is 16.7. The first-order valence-corrected chi connectivity index (χ1v) is 11.7. The fourth-order valence-corrected chi connectivity index (χ4v) is 5.06. The summed E-state index contributed by atoms with van der Waals surface area (Å²) in [5.41, 5.74) is 10.7. The molecule has 6 heteroatoms. The van der Waals surface area contributed by atoms with E-state index < -0.39 is 5.41 Å². The van der Waals surface area contributed by atoms with Crippen LogP contribution in [-0.4, -0.2) is 30.5 Å². The SMILES string of the molecule is COc1ccc(-c2ccc3ncc(C4(C=O)CC4)c(N[C@H]4CC[C@H](N)CC4)c3c2)cc1Cl. The standard InChI is InChI=1S/C26H28ClN3O2/c1-32-24-9-3-17(13-22(24)27)16-2-8-23-20(12-16)25(30-19-6-4-18(28)5-7-19)21(14-29-23)26(15-31)10-11-26/h2-3,8-9,12-15,18-19H,4-7,10-11,28H2,1H3,(H,29,30)/t18-,19-. The summed E-state index contributed by atoms with van der Waals surface area (Å²) in [5, 5.41) is 5.41. The largest absolute Gasteiger partial charge is 0.495 e. The summed E-state index contributed by atoms with van der Waals surface area (Å²) >= 11 is 6.38. The smallest absolute Gasteiger partial charge is 0.137 e. The van der Waals surface area contributed by atoms with Gasteiger partial charge in [-0.25, -0.2) is 0 Å². The number of carbonyl (C=O) groups excluding carboxylic acids is 1. The number of aromatic nitrogens is 1. The van der Waals surface area contributed by atoms with Crippen LogP contribution >= 0.6 is 11.6 Å². The van der Waals surface area contributed by atoms with Crippen molar-refractivity contribution in [2.45, 2.75) is 56.0 Å². The van der Waals surface area contributed by atoms with Gasteiger partial charge in [0.2, 0.25) is 0 Å². The van der Waals surface area contributed by atoms with E-state index in [9.17, 15) is 4.79 Å². The number of ether oxygens (including phenoxy) is 1. The molecule has 2 fully saturated rings. The molecule has 0 saturated heterocycles. The lowest BCUT2D eigenvalue weighted by molar-refractivity contribution is -0.109. The van der Waals surface area contributed by atoms with Crippen molar-refractivity contribution >= 4 is 34.5 Å². The van der Waals surface area contributed by atoms with Crippen molar-refractivity contribution in [3.63, 3.8) is 0 Å². The third-order valence-electron chi connectivity index (χ3n) is 7.02. The molecule has 3 aromatic rings. The van der Waals surface area contributed by atoms with Crippen molar-refractivity contribution in [1.82, 2.24) is 4.98 Å². The van der Waals surface area contributed by atoms with Gasteiger partial charge in [0.25, 0.3) is 0 Å². The summed E-state index contributed by atoms with van der Waals surface area (Å²) in [6.45, 7) is 0. The first kappa shape index (κ1) is 21.2. The van der Waals surface area contributed by atoms with Crippen molar-refractivity contribution in [3.05, 3.63) is 53.2 Å². The highest BCUT2D eigenvalue weighted by Gasteiger charge is 2.46. The molecule has 0 unspecified atom stereocenters. The Morgan fingerprint density at radius 3 is 2.50 bits per heavy atom. The van der Waals surface area contributed by atoms with Crippen LogP contribution in [0.5, 0.6) is 5.75 Å². The van der Waals surface area contributed by atoms with Crippen molar-refractivity contribution in [1.29, 1.82) is 0 Å². The molecule has 0 amide bonds. The van der Waals surface area contributed by atoms with Crippen LogP contribution in [0.1, 0.15) is 44.1 Å². The van der Waals surface area contributed by atoms with E-state index in [0.29, 0.717) is 16.8 Å². The van der Waals surface area contributed by atoms with Crippen molar-refractivity contribution < 1.29 is 9.53 Å². The average Bonchev–Trinajstić information content (AvgIpc) is 3.61. The van der Waals surface area contributed by atoms with Crippen LogP contribution in [0.15, 0.2) is 42.6 Å². The number of hydrogen-bond acceptors (Lipinski definition) is 5. The zero-order valence-corrected chi connectivity index (χ0v) is 19.0. The fraction of sp³-hybridized carbons (Fsp3) is 0.385. The molecule has 2 aromatic carbocycles. The molecule has 3 N–H and O–H groups in total. The topological polar surface area (TPSA) is 77.2 Å². The molecule has 0 aliphatic heterocycles. The molecule has 1 heterocycles. The zero-order chi connectivity index (χ0) is 22.3. The number of pyridine rings is 1. The first-order chi connectivity index (χ1) is 15.5. The third kappa shape index (κ3) is 3.84. The van der Waals surface area contributed by atoms with Gasteiger partial charge in [-0.05, 0) is 73.9 Å². The maximum absolute atomic E-state index is 12.0. The van der Waals surface area contributed by atoms with Gasteiger partial charge in [0, 0.05) is 34.9 Å². The van der Waals surface area contributed by atoms with Crippen LogP contribution in [0.2, 0.25) is 5.02 Å². The van der Waals surface area contributed by atoms with E-state index in [2.05, 4.69) is 17.4 Å². The number of benzene rings is 2. The summed E-state index contributed by atoms with van der Waals surface area (Å²) in [7, 11) is 1.61. The number of hydrogen-bond donors (Lipinski definition) is 2. The molecule has 166 valence electrons.